The summed E-state index contributed by atoms with van der Waals surface area (Å²) in [5.74, 6) is -2.24. The number of rotatable bonds is 6. The minimum atomic E-state index is -1.04. The molecule has 0 amide bonds. The number of allylic oxidation sites excluding steroid dienone is 2. The molecule has 1 aliphatic rings. The second-order valence-corrected chi connectivity index (χ2v) is 6.42. The molecule has 2 aromatic rings. The largest absolute Gasteiger partial charge is 0.466 e. The normalized spacial score (nSPS) is 16.3. The van der Waals surface area contributed by atoms with Gasteiger partial charge in [-0.05, 0) is 49.3 Å². The molecule has 1 heterocycles. The average Bonchev–Trinajstić information content (AvgIpc) is 3.13. The van der Waals surface area contributed by atoms with Gasteiger partial charge in [0.15, 0.2) is 11.6 Å². The minimum absolute atomic E-state index is 0.0688. The lowest BCUT2D eigenvalue weighted by molar-refractivity contribution is -0.143. The molecule has 0 spiro atoms. The van der Waals surface area contributed by atoms with Crippen LogP contribution in [-0.4, -0.2) is 17.1 Å². The van der Waals surface area contributed by atoms with Crippen molar-refractivity contribution in [1.29, 1.82) is 0 Å². The molecule has 0 saturated heterocycles. The Kier molecular flexibility index (Phi) is 5.49. The molecule has 0 radical (unpaired) electrons. The predicted molar refractivity (Wildman–Crippen MR) is 95.1 cm³/mol. The summed E-state index contributed by atoms with van der Waals surface area (Å²) in [6, 6.07) is 2.08. The van der Waals surface area contributed by atoms with Crippen LogP contribution in [0.2, 0.25) is 0 Å². The highest BCUT2D eigenvalue weighted by molar-refractivity contribution is 5.85. The van der Waals surface area contributed by atoms with Crippen LogP contribution in [-0.2, 0) is 16.1 Å². The summed E-state index contributed by atoms with van der Waals surface area (Å²) in [5, 5.41) is 0.616. The first-order valence-corrected chi connectivity index (χ1v) is 8.85. The van der Waals surface area contributed by atoms with E-state index in [-0.39, 0.29) is 29.3 Å². The zero-order valence-corrected chi connectivity index (χ0v) is 14.6. The standard InChI is InChI=1S/C20H21F2NO3/c1-2-26-19(24)8-5-9-23-12-16(13-6-3-4-7-13)14-10-17(21)18(22)11-15(14)20(23)25/h3,6,10-13H,2,4-5,7-9H2,1H3. The van der Waals surface area contributed by atoms with E-state index >= 15 is 0 Å². The summed E-state index contributed by atoms with van der Waals surface area (Å²) in [5.41, 5.74) is 0.428. The van der Waals surface area contributed by atoms with E-state index in [0.29, 0.717) is 25.0 Å². The Bertz CT molecular complexity index is 917. The molecule has 1 aliphatic carbocycles. The molecule has 1 aromatic carbocycles. The van der Waals surface area contributed by atoms with Gasteiger partial charge in [0.25, 0.3) is 5.56 Å². The first-order chi connectivity index (χ1) is 12.5. The molecule has 6 heteroatoms. The number of pyridine rings is 1. The Balaban J connectivity index is 1.99. The summed E-state index contributed by atoms with van der Waals surface area (Å²) in [7, 11) is 0. The van der Waals surface area contributed by atoms with E-state index in [1.54, 1.807) is 13.1 Å². The molecule has 0 N–H and O–H groups in total. The maximum absolute atomic E-state index is 13.8. The van der Waals surface area contributed by atoms with Crippen LogP contribution in [0.5, 0.6) is 0 Å². The van der Waals surface area contributed by atoms with Crippen LogP contribution in [0.1, 0.15) is 44.1 Å². The van der Waals surface area contributed by atoms with Crippen LogP contribution in [0.15, 0.2) is 35.3 Å². The number of halogens is 2. The van der Waals surface area contributed by atoms with Crippen molar-refractivity contribution < 1.29 is 18.3 Å². The van der Waals surface area contributed by atoms with Gasteiger partial charge in [0.1, 0.15) is 0 Å². The number of aryl methyl sites for hydroxylation is 1. The van der Waals surface area contributed by atoms with E-state index < -0.39 is 11.6 Å². The fourth-order valence-electron chi connectivity index (χ4n) is 3.39. The van der Waals surface area contributed by atoms with Gasteiger partial charge in [-0.2, -0.15) is 0 Å². The van der Waals surface area contributed by atoms with Crippen molar-refractivity contribution in [3.05, 3.63) is 58.0 Å². The van der Waals surface area contributed by atoms with Crippen molar-refractivity contribution in [2.75, 3.05) is 6.61 Å². The second kappa shape index (κ2) is 7.81. The molecule has 1 atom stereocenters. The number of nitrogens with zero attached hydrogens (tertiary/aromatic N) is 1. The number of fused-ring (bicyclic) bond motifs is 1. The number of esters is 1. The third kappa shape index (κ3) is 3.69. The van der Waals surface area contributed by atoms with E-state index in [1.807, 2.05) is 12.2 Å². The topological polar surface area (TPSA) is 48.3 Å². The molecule has 1 aromatic heterocycles. The SMILES string of the molecule is CCOC(=O)CCCn1cc(C2C=CCC2)c2cc(F)c(F)cc2c1=O. The molecule has 0 fully saturated rings. The minimum Gasteiger partial charge on any atom is -0.466 e. The molecule has 0 aliphatic heterocycles. The van der Waals surface area contributed by atoms with Crippen molar-refractivity contribution in [3.63, 3.8) is 0 Å². The number of ether oxygens (including phenoxy) is 1. The summed E-state index contributed by atoms with van der Waals surface area (Å²) < 4.78 is 33.8. The van der Waals surface area contributed by atoms with Crippen LogP contribution in [0, 0.1) is 11.6 Å². The van der Waals surface area contributed by atoms with Crippen molar-refractivity contribution >= 4 is 16.7 Å². The third-order valence-electron chi connectivity index (χ3n) is 4.66. The smallest absolute Gasteiger partial charge is 0.305 e. The summed E-state index contributed by atoms with van der Waals surface area (Å²) in [4.78, 5) is 24.2. The van der Waals surface area contributed by atoms with Gasteiger partial charge in [-0.15, -0.1) is 0 Å². The highest BCUT2D eigenvalue weighted by atomic mass is 19.2. The fourth-order valence-corrected chi connectivity index (χ4v) is 3.39. The molecule has 0 saturated carbocycles. The van der Waals surface area contributed by atoms with Crippen LogP contribution in [0.4, 0.5) is 8.78 Å². The first-order valence-electron chi connectivity index (χ1n) is 8.85. The maximum Gasteiger partial charge on any atom is 0.305 e. The highest BCUT2D eigenvalue weighted by Gasteiger charge is 2.19. The van der Waals surface area contributed by atoms with Crippen LogP contribution < -0.4 is 5.56 Å². The summed E-state index contributed by atoms with van der Waals surface area (Å²) in [6.07, 6.45) is 8.22. The van der Waals surface area contributed by atoms with Crippen molar-refractivity contribution in [1.82, 2.24) is 4.57 Å². The summed E-state index contributed by atoms with van der Waals surface area (Å²) >= 11 is 0. The van der Waals surface area contributed by atoms with Crippen LogP contribution in [0.3, 0.4) is 0 Å². The Labute approximate surface area is 150 Å². The van der Waals surface area contributed by atoms with E-state index in [2.05, 4.69) is 0 Å². The highest BCUT2D eigenvalue weighted by Crippen LogP contribution is 2.33. The van der Waals surface area contributed by atoms with Gasteiger partial charge < -0.3 is 9.30 Å². The average molecular weight is 361 g/mol. The number of hydrogen-bond acceptors (Lipinski definition) is 3. The number of aromatic nitrogens is 1. The van der Waals surface area contributed by atoms with Crippen molar-refractivity contribution in [3.8, 4) is 0 Å². The van der Waals surface area contributed by atoms with Gasteiger partial charge in [-0.25, -0.2) is 8.78 Å². The van der Waals surface area contributed by atoms with Crippen molar-refractivity contribution in [2.45, 2.75) is 45.1 Å². The number of benzene rings is 1. The monoisotopic (exact) mass is 361 g/mol. The number of hydrogen-bond donors (Lipinski definition) is 0. The molecule has 138 valence electrons. The van der Waals surface area contributed by atoms with Gasteiger partial charge in [0.2, 0.25) is 0 Å². The van der Waals surface area contributed by atoms with E-state index in [9.17, 15) is 18.4 Å². The van der Waals surface area contributed by atoms with Gasteiger partial charge in [0, 0.05) is 25.1 Å². The van der Waals surface area contributed by atoms with Crippen LogP contribution >= 0.6 is 0 Å². The molecule has 0 bridgehead atoms. The molecular weight excluding hydrogens is 340 g/mol. The quantitative estimate of drug-likeness (QED) is 0.576. The van der Waals surface area contributed by atoms with Gasteiger partial charge in [0.05, 0.1) is 12.0 Å². The molecule has 3 rings (SSSR count). The Morgan fingerprint density at radius 3 is 2.65 bits per heavy atom. The number of carbonyl (C=O) groups excluding carboxylic acids is 1. The Hall–Kier alpha value is -2.50. The Morgan fingerprint density at radius 1 is 1.27 bits per heavy atom. The first kappa shape index (κ1) is 18.3. The second-order valence-electron chi connectivity index (χ2n) is 6.42. The summed E-state index contributed by atoms with van der Waals surface area (Å²) in [6.45, 7) is 2.37. The van der Waals surface area contributed by atoms with Crippen molar-refractivity contribution in [2.24, 2.45) is 0 Å². The number of carbonyl (C=O) groups is 1. The van der Waals surface area contributed by atoms with E-state index in [4.69, 9.17) is 4.74 Å². The molecule has 1 unspecified atom stereocenters. The maximum atomic E-state index is 13.8. The van der Waals surface area contributed by atoms with E-state index in [1.165, 1.54) is 4.57 Å². The lowest BCUT2D eigenvalue weighted by Gasteiger charge is -2.16. The zero-order chi connectivity index (χ0) is 18.7. The van der Waals surface area contributed by atoms with Gasteiger partial charge >= 0.3 is 5.97 Å². The zero-order valence-electron chi connectivity index (χ0n) is 14.6. The lowest BCUT2D eigenvalue weighted by atomic mass is 9.94. The third-order valence-corrected chi connectivity index (χ3v) is 4.66. The lowest BCUT2D eigenvalue weighted by Crippen LogP contribution is -2.22. The predicted octanol–water partition coefficient (Wildman–Crippen LogP) is 4.06. The van der Waals surface area contributed by atoms with Gasteiger partial charge in [-0.1, -0.05) is 12.2 Å². The molecule has 4 nitrogen and oxygen atoms in total. The Morgan fingerprint density at radius 2 is 2.00 bits per heavy atom. The fraction of sp³-hybridized carbons (Fsp3) is 0.400. The van der Waals surface area contributed by atoms with Crippen LogP contribution in [0.25, 0.3) is 10.8 Å². The van der Waals surface area contributed by atoms with Gasteiger partial charge in [-0.3, -0.25) is 9.59 Å². The molecular formula is C20H21F2NO3. The van der Waals surface area contributed by atoms with E-state index in [0.717, 1.165) is 30.5 Å². The molecule has 26 heavy (non-hydrogen) atoms.